The van der Waals surface area contributed by atoms with Crippen molar-refractivity contribution >= 4 is 20.0 Å². The molecule has 104 valence electrons. The van der Waals surface area contributed by atoms with Gasteiger partial charge in [0.15, 0.2) is 0 Å². The molecule has 0 bridgehead atoms. The molecule has 0 radical (unpaired) electrons. The predicted octanol–water partition coefficient (Wildman–Crippen LogP) is -1.43. The summed E-state index contributed by atoms with van der Waals surface area (Å²) in [6.07, 6.45) is 0. The summed E-state index contributed by atoms with van der Waals surface area (Å²) in [7, 11) is -5.85. The molecule has 0 spiro atoms. The first-order valence-electron chi connectivity index (χ1n) is 4.98. The van der Waals surface area contributed by atoms with E-state index in [1.54, 1.807) is 7.05 Å². The Morgan fingerprint density at radius 2 is 1.94 bits per heavy atom. The molecule has 18 heavy (non-hydrogen) atoms. The van der Waals surface area contributed by atoms with Crippen LogP contribution in [0.2, 0.25) is 0 Å². The largest absolute Gasteiger partial charge is 0.447 e. The third kappa shape index (κ3) is 4.74. The van der Waals surface area contributed by atoms with Crippen molar-refractivity contribution in [1.82, 2.24) is 10.0 Å². The summed E-state index contributed by atoms with van der Waals surface area (Å²) < 4.78 is 51.8. The van der Waals surface area contributed by atoms with Crippen molar-refractivity contribution in [2.24, 2.45) is 5.14 Å². The van der Waals surface area contributed by atoms with Gasteiger partial charge in [0, 0.05) is 6.54 Å². The fourth-order valence-electron chi connectivity index (χ4n) is 1.16. The molecular formula is C8H15N3O5S2. The standard InChI is InChI=1S/C8H15N3O5S2/c1-10-6-7-2-3-8(16-7)18(14,15)11-4-5-17(9,12)13/h2-3,10-11H,4-6H2,1H3,(H2,9,12,13). The van der Waals surface area contributed by atoms with Gasteiger partial charge >= 0.3 is 0 Å². The van der Waals surface area contributed by atoms with Gasteiger partial charge < -0.3 is 9.73 Å². The zero-order chi connectivity index (χ0) is 13.8. The van der Waals surface area contributed by atoms with Crippen LogP contribution in [0, 0.1) is 0 Å². The van der Waals surface area contributed by atoms with Gasteiger partial charge in [-0.3, -0.25) is 0 Å². The van der Waals surface area contributed by atoms with Gasteiger partial charge in [0.25, 0.3) is 10.0 Å². The van der Waals surface area contributed by atoms with E-state index in [4.69, 9.17) is 9.56 Å². The number of hydrogen-bond donors (Lipinski definition) is 3. The van der Waals surface area contributed by atoms with Crippen LogP contribution >= 0.6 is 0 Å². The highest BCUT2D eigenvalue weighted by atomic mass is 32.2. The normalized spacial score (nSPS) is 12.8. The lowest BCUT2D eigenvalue weighted by Gasteiger charge is -2.03. The Bertz CT molecular complexity index is 590. The van der Waals surface area contributed by atoms with Crippen LogP contribution in [0.25, 0.3) is 0 Å². The molecule has 0 saturated heterocycles. The molecular weight excluding hydrogens is 282 g/mol. The van der Waals surface area contributed by atoms with Crippen molar-refractivity contribution < 1.29 is 21.3 Å². The third-order valence-corrected chi connectivity index (χ3v) is 4.04. The van der Waals surface area contributed by atoms with Gasteiger partial charge in [-0.1, -0.05) is 0 Å². The number of nitrogens with two attached hydrogens (primary N) is 1. The number of furan rings is 1. The Morgan fingerprint density at radius 3 is 2.50 bits per heavy atom. The van der Waals surface area contributed by atoms with Gasteiger partial charge in [-0.2, -0.15) is 0 Å². The minimum Gasteiger partial charge on any atom is -0.447 e. The van der Waals surface area contributed by atoms with E-state index in [-0.39, 0.29) is 11.6 Å². The van der Waals surface area contributed by atoms with Crippen molar-refractivity contribution in [1.29, 1.82) is 0 Å². The average Bonchev–Trinajstić information content (AvgIpc) is 2.65. The monoisotopic (exact) mass is 297 g/mol. The molecule has 0 amide bonds. The first-order valence-corrected chi connectivity index (χ1v) is 8.18. The van der Waals surface area contributed by atoms with Gasteiger partial charge in [0.1, 0.15) is 5.76 Å². The summed E-state index contributed by atoms with van der Waals surface area (Å²) in [4.78, 5) is 0. The number of rotatable bonds is 7. The summed E-state index contributed by atoms with van der Waals surface area (Å²) in [6, 6.07) is 2.82. The highest BCUT2D eigenvalue weighted by Crippen LogP contribution is 2.13. The molecule has 0 aliphatic rings. The van der Waals surface area contributed by atoms with Gasteiger partial charge in [0.05, 0.1) is 12.3 Å². The molecule has 1 heterocycles. The first-order chi connectivity index (χ1) is 8.24. The molecule has 0 saturated carbocycles. The SMILES string of the molecule is CNCc1ccc(S(=O)(=O)NCCS(N)(=O)=O)o1. The lowest BCUT2D eigenvalue weighted by Crippen LogP contribution is -2.31. The van der Waals surface area contributed by atoms with Crippen LogP contribution in [0.1, 0.15) is 5.76 Å². The summed E-state index contributed by atoms with van der Waals surface area (Å²) in [6.45, 7) is 0.0932. The van der Waals surface area contributed by atoms with Crippen LogP contribution in [0.3, 0.4) is 0 Å². The maximum atomic E-state index is 11.7. The van der Waals surface area contributed by atoms with E-state index in [1.165, 1.54) is 12.1 Å². The predicted molar refractivity (Wildman–Crippen MR) is 64.6 cm³/mol. The summed E-state index contributed by atoms with van der Waals surface area (Å²) in [5.74, 6) is -0.0135. The zero-order valence-corrected chi connectivity index (χ0v) is 11.3. The van der Waals surface area contributed by atoms with Crippen molar-refractivity contribution in [3.8, 4) is 0 Å². The smallest absolute Gasteiger partial charge is 0.273 e. The van der Waals surface area contributed by atoms with E-state index in [0.29, 0.717) is 12.3 Å². The minimum absolute atomic E-state index is 0.262. The van der Waals surface area contributed by atoms with Crippen LogP contribution in [0.15, 0.2) is 21.6 Å². The lowest BCUT2D eigenvalue weighted by molar-refractivity contribution is 0.405. The molecule has 4 N–H and O–H groups in total. The lowest BCUT2D eigenvalue weighted by atomic mass is 10.4. The van der Waals surface area contributed by atoms with E-state index < -0.39 is 25.8 Å². The molecule has 1 aromatic heterocycles. The third-order valence-electron chi connectivity index (χ3n) is 1.93. The number of nitrogens with one attached hydrogen (secondary N) is 2. The van der Waals surface area contributed by atoms with Crippen molar-refractivity contribution in [3.63, 3.8) is 0 Å². The minimum atomic E-state index is -3.84. The quantitative estimate of drug-likeness (QED) is 0.565. The van der Waals surface area contributed by atoms with Gasteiger partial charge in [-0.05, 0) is 19.2 Å². The van der Waals surface area contributed by atoms with Crippen molar-refractivity contribution in [2.75, 3.05) is 19.3 Å². The summed E-state index contributed by atoms with van der Waals surface area (Å²) in [5, 5.41) is 7.30. The maximum Gasteiger partial charge on any atom is 0.273 e. The Kier molecular flexibility index (Phi) is 4.87. The Labute approximate surface area is 106 Å². The van der Waals surface area contributed by atoms with Crippen molar-refractivity contribution in [3.05, 3.63) is 17.9 Å². The van der Waals surface area contributed by atoms with Gasteiger partial charge in [-0.15, -0.1) is 0 Å². The van der Waals surface area contributed by atoms with Crippen LogP contribution < -0.4 is 15.2 Å². The van der Waals surface area contributed by atoms with E-state index >= 15 is 0 Å². The molecule has 0 aromatic carbocycles. The van der Waals surface area contributed by atoms with E-state index in [0.717, 1.165) is 0 Å². The van der Waals surface area contributed by atoms with Gasteiger partial charge in [0.2, 0.25) is 15.1 Å². The molecule has 1 aromatic rings. The molecule has 1 rings (SSSR count). The van der Waals surface area contributed by atoms with Crippen LogP contribution in [-0.2, 0) is 26.6 Å². The second kappa shape index (κ2) is 5.80. The number of sulfonamides is 2. The molecule has 0 unspecified atom stereocenters. The fraction of sp³-hybridized carbons (Fsp3) is 0.500. The maximum absolute atomic E-state index is 11.7. The van der Waals surface area contributed by atoms with E-state index in [1.807, 2.05) is 0 Å². The fourth-order valence-corrected chi connectivity index (χ4v) is 2.65. The second-order valence-corrected chi connectivity index (χ2v) is 6.95. The summed E-state index contributed by atoms with van der Waals surface area (Å²) in [5.41, 5.74) is 0. The molecule has 8 nitrogen and oxygen atoms in total. The zero-order valence-electron chi connectivity index (χ0n) is 9.71. The highest BCUT2D eigenvalue weighted by Gasteiger charge is 2.18. The summed E-state index contributed by atoms with van der Waals surface area (Å²) >= 11 is 0. The number of hydrogen-bond acceptors (Lipinski definition) is 6. The molecule has 10 heteroatoms. The number of primary sulfonamides is 1. The average molecular weight is 297 g/mol. The van der Waals surface area contributed by atoms with E-state index in [9.17, 15) is 16.8 Å². The molecule has 0 fully saturated rings. The van der Waals surface area contributed by atoms with Gasteiger partial charge in [-0.25, -0.2) is 26.7 Å². The molecule has 0 aliphatic carbocycles. The van der Waals surface area contributed by atoms with Crippen LogP contribution in [-0.4, -0.2) is 36.2 Å². The molecule has 0 aliphatic heterocycles. The Balaban J connectivity index is 2.68. The molecule has 0 atom stereocenters. The van der Waals surface area contributed by atoms with Crippen LogP contribution in [0.4, 0.5) is 0 Å². The second-order valence-electron chi connectivity index (χ2n) is 3.52. The Hall–Kier alpha value is -0.940. The van der Waals surface area contributed by atoms with Crippen molar-refractivity contribution in [2.45, 2.75) is 11.6 Å². The first kappa shape index (κ1) is 15.1. The van der Waals surface area contributed by atoms with E-state index in [2.05, 4.69) is 10.0 Å². The van der Waals surface area contributed by atoms with Crippen LogP contribution in [0.5, 0.6) is 0 Å². The Morgan fingerprint density at radius 1 is 1.28 bits per heavy atom. The highest BCUT2D eigenvalue weighted by molar-refractivity contribution is 7.90. The topological polar surface area (TPSA) is 132 Å².